The zero-order valence-corrected chi connectivity index (χ0v) is 13.2. The number of hydrogen-bond donors (Lipinski definition) is 1. The number of benzene rings is 1. The second kappa shape index (κ2) is 6.08. The van der Waals surface area contributed by atoms with Crippen LogP contribution in [0.1, 0.15) is 16.7 Å². The van der Waals surface area contributed by atoms with Crippen LogP contribution in [0.15, 0.2) is 18.2 Å². The lowest BCUT2D eigenvalue weighted by molar-refractivity contribution is -0.152. The van der Waals surface area contributed by atoms with Crippen LogP contribution >= 0.6 is 0 Å². The van der Waals surface area contributed by atoms with Crippen LogP contribution in [0.3, 0.4) is 0 Å². The van der Waals surface area contributed by atoms with Gasteiger partial charge < -0.3 is 10.2 Å². The first kappa shape index (κ1) is 16.8. The largest absolute Gasteiger partial charge is 0.416 e. The summed E-state index contributed by atoms with van der Waals surface area (Å²) >= 11 is 0. The first-order valence-corrected chi connectivity index (χ1v) is 7.73. The molecule has 0 radical (unpaired) electrons. The number of rotatable bonds is 2. The maximum Gasteiger partial charge on any atom is 0.416 e. The average molecular weight is 341 g/mol. The third-order valence-electron chi connectivity index (χ3n) is 4.58. The molecule has 2 fully saturated rings. The van der Waals surface area contributed by atoms with Gasteiger partial charge >= 0.3 is 18.0 Å². The van der Waals surface area contributed by atoms with Gasteiger partial charge in [-0.3, -0.25) is 14.5 Å². The number of nitrogens with zero attached hydrogens (tertiary/aromatic N) is 2. The first-order valence-electron chi connectivity index (χ1n) is 7.73. The zero-order chi connectivity index (χ0) is 17.5. The molecule has 0 unspecified atom stereocenters. The zero-order valence-electron chi connectivity index (χ0n) is 13.2. The van der Waals surface area contributed by atoms with Crippen LogP contribution in [0.2, 0.25) is 0 Å². The van der Waals surface area contributed by atoms with Crippen molar-refractivity contribution in [3.05, 3.63) is 34.9 Å². The van der Waals surface area contributed by atoms with Gasteiger partial charge in [0, 0.05) is 32.7 Å². The lowest BCUT2D eigenvalue weighted by atomic mass is 10.0. The van der Waals surface area contributed by atoms with E-state index in [2.05, 4.69) is 10.2 Å². The van der Waals surface area contributed by atoms with Crippen molar-refractivity contribution in [3.63, 3.8) is 0 Å². The Morgan fingerprint density at radius 1 is 1.25 bits per heavy atom. The average Bonchev–Trinajstić information content (AvgIpc) is 2.52. The second-order valence-corrected chi connectivity index (χ2v) is 6.24. The Morgan fingerprint density at radius 2 is 2.00 bits per heavy atom. The standard InChI is InChI=1S/C16H18F3N3O2/c1-10-6-12(16(17,18)19)3-2-11(10)8-21-4-5-22-13(9-21)7-20-14(23)15(22)24/h2-3,6,13H,4-5,7-9H2,1H3,(H,20,23)/t13-/m0/s1. The van der Waals surface area contributed by atoms with Crippen molar-refractivity contribution in [1.29, 1.82) is 0 Å². The SMILES string of the molecule is Cc1cc(C(F)(F)F)ccc1CN1CCN2C(=O)C(=O)NC[C@H]2C1. The van der Waals surface area contributed by atoms with E-state index in [0.29, 0.717) is 38.3 Å². The van der Waals surface area contributed by atoms with Crippen molar-refractivity contribution < 1.29 is 22.8 Å². The minimum absolute atomic E-state index is 0.0845. The number of halogens is 3. The normalized spacial score (nSPS) is 22.3. The highest BCUT2D eigenvalue weighted by Crippen LogP contribution is 2.30. The van der Waals surface area contributed by atoms with E-state index in [4.69, 9.17) is 0 Å². The number of carbonyl (C=O) groups is 2. The monoisotopic (exact) mass is 341 g/mol. The van der Waals surface area contributed by atoms with Gasteiger partial charge in [-0.1, -0.05) is 6.07 Å². The molecule has 1 atom stereocenters. The molecule has 2 aliphatic heterocycles. The van der Waals surface area contributed by atoms with Crippen LogP contribution in [0.4, 0.5) is 13.2 Å². The molecule has 24 heavy (non-hydrogen) atoms. The van der Waals surface area contributed by atoms with Crippen LogP contribution < -0.4 is 5.32 Å². The van der Waals surface area contributed by atoms with Crippen LogP contribution in [0.5, 0.6) is 0 Å². The van der Waals surface area contributed by atoms with Crippen LogP contribution in [0.25, 0.3) is 0 Å². The molecule has 1 N–H and O–H groups in total. The summed E-state index contributed by atoms with van der Waals surface area (Å²) < 4.78 is 38.2. The number of carbonyl (C=O) groups excluding carboxylic acids is 2. The second-order valence-electron chi connectivity index (χ2n) is 6.24. The molecule has 0 bridgehead atoms. The minimum atomic E-state index is -4.34. The Labute approximate surface area is 137 Å². The first-order chi connectivity index (χ1) is 11.3. The molecule has 5 nitrogen and oxygen atoms in total. The topological polar surface area (TPSA) is 52.7 Å². The van der Waals surface area contributed by atoms with Crippen LogP contribution in [0, 0.1) is 6.92 Å². The highest BCUT2D eigenvalue weighted by Gasteiger charge is 2.37. The Hall–Kier alpha value is -2.09. The minimum Gasteiger partial charge on any atom is -0.346 e. The van der Waals surface area contributed by atoms with Crippen molar-refractivity contribution in [2.75, 3.05) is 26.2 Å². The van der Waals surface area contributed by atoms with E-state index in [1.54, 1.807) is 11.8 Å². The molecule has 0 aliphatic carbocycles. The lowest BCUT2D eigenvalue weighted by Gasteiger charge is -2.43. The molecule has 2 saturated heterocycles. The van der Waals surface area contributed by atoms with Crippen molar-refractivity contribution in [2.45, 2.75) is 25.7 Å². The Morgan fingerprint density at radius 3 is 2.67 bits per heavy atom. The van der Waals surface area contributed by atoms with Gasteiger partial charge in [0.2, 0.25) is 0 Å². The summed E-state index contributed by atoms with van der Waals surface area (Å²) in [6.07, 6.45) is -4.34. The van der Waals surface area contributed by atoms with Gasteiger partial charge in [-0.15, -0.1) is 0 Å². The number of nitrogens with one attached hydrogen (secondary N) is 1. The van der Waals surface area contributed by atoms with E-state index >= 15 is 0 Å². The molecule has 2 aliphatic rings. The van der Waals surface area contributed by atoms with Gasteiger partial charge in [0.1, 0.15) is 0 Å². The predicted octanol–water partition coefficient (Wildman–Crippen LogP) is 1.16. The van der Waals surface area contributed by atoms with Gasteiger partial charge in [0.15, 0.2) is 0 Å². The number of fused-ring (bicyclic) bond motifs is 1. The van der Waals surface area contributed by atoms with Gasteiger partial charge in [-0.2, -0.15) is 13.2 Å². The van der Waals surface area contributed by atoms with Gasteiger partial charge in [0.05, 0.1) is 11.6 Å². The third kappa shape index (κ3) is 3.24. The maximum atomic E-state index is 12.7. The summed E-state index contributed by atoms with van der Waals surface area (Å²) in [4.78, 5) is 26.8. The fourth-order valence-electron chi connectivity index (χ4n) is 3.21. The molecule has 2 heterocycles. The highest BCUT2D eigenvalue weighted by atomic mass is 19.4. The lowest BCUT2D eigenvalue weighted by Crippen LogP contribution is -2.65. The molecular formula is C16H18F3N3O2. The number of amides is 2. The molecular weight excluding hydrogens is 323 g/mol. The molecule has 0 aromatic heterocycles. The molecule has 0 saturated carbocycles. The molecule has 8 heteroatoms. The van der Waals surface area contributed by atoms with Crippen molar-refractivity contribution in [3.8, 4) is 0 Å². The third-order valence-corrected chi connectivity index (χ3v) is 4.58. The quantitative estimate of drug-likeness (QED) is 0.822. The number of alkyl halides is 3. The summed E-state index contributed by atoms with van der Waals surface area (Å²) in [7, 11) is 0. The van der Waals surface area contributed by atoms with Crippen molar-refractivity contribution >= 4 is 11.8 Å². The number of aryl methyl sites for hydroxylation is 1. The Balaban J connectivity index is 1.68. The maximum absolute atomic E-state index is 12.7. The molecule has 1 aromatic rings. The Bertz CT molecular complexity index is 675. The molecule has 3 rings (SSSR count). The molecule has 130 valence electrons. The summed E-state index contributed by atoms with van der Waals surface area (Å²) in [6.45, 7) is 4.24. The Kier molecular flexibility index (Phi) is 4.25. The van der Waals surface area contributed by atoms with Crippen molar-refractivity contribution in [2.24, 2.45) is 0 Å². The summed E-state index contributed by atoms with van der Waals surface area (Å²) in [6, 6.07) is 3.69. The van der Waals surface area contributed by atoms with Crippen LogP contribution in [-0.4, -0.2) is 53.8 Å². The number of piperazine rings is 2. The number of hydrogen-bond acceptors (Lipinski definition) is 3. The summed E-state index contributed by atoms with van der Waals surface area (Å²) in [5.74, 6) is -1.07. The summed E-state index contributed by atoms with van der Waals surface area (Å²) in [5, 5.41) is 2.57. The van der Waals surface area contributed by atoms with Gasteiger partial charge in [-0.05, 0) is 30.2 Å². The fraction of sp³-hybridized carbons (Fsp3) is 0.500. The van der Waals surface area contributed by atoms with Crippen LogP contribution in [-0.2, 0) is 22.3 Å². The smallest absolute Gasteiger partial charge is 0.346 e. The van der Waals surface area contributed by atoms with E-state index in [0.717, 1.165) is 17.7 Å². The van der Waals surface area contributed by atoms with E-state index in [1.807, 2.05) is 0 Å². The molecule has 0 spiro atoms. The van der Waals surface area contributed by atoms with E-state index in [-0.39, 0.29) is 6.04 Å². The van der Waals surface area contributed by atoms with Crippen molar-refractivity contribution in [1.82, 2.24) is 15.1 Å². The van der Waals surface area contributed by atoms with Gasteiger partial charge in [-0.25, -0.2) is 0 Å². The molecule has 1 aromatic carbocycles. The highest BCUT2D eigenvalue weighted by molar-refractivity contribution is 6.35. The predicted molar refractivity (Wildman–Crippen MR) is 80.0 cm³/mol. The van der Waals surface area contributed by atoms with Gasteiger partial charge in [0.25, 0.3) is 0 Å². The summed E-state index contributed by atoms with van der Waals surface area (Å²) in [5.41, 5.74) is 0.789. The van der Waals surface area contributed by atoms with E-state index < -0.39 is 23.6 Å². The van der Waals surface area contributed by atoms with E-state index in [9.17, 15) is 22.8 Å². The van der Waals surface area contributed by atoms with E-state index in [1.165, 1.54) is 6.07 Å². The fourth-order valence-corrected chi connectivity index (χ4v) is 3.21. The molecule has 2 amide bonds.